The SMILES string of the molecule is Cc1ccc(S(=O)(=O)N2CC(Nc3ccccc3)c3cc([N+](=O)[O-])ccc32)cc1. The first-order chi connectivity index (χ1) is 13.9. The third-order valence-electron chi connectivity index (χ3n) is 4.94. The molecule has 4 rings (SSSR count). The number of fused-ring (bicyclic) bond motifs is 1. The monoisotopic (exact) mass is 409 g/mol. The Bertz CT molecular complexity index is 1160. The summed E-state index contributed by atoms with van der Waals surface area (Å²) in [6.45, 7) is 2.03. The van der Waals surface area contributed by atoms with Crippen molar-refractivity contribution >= 4 is 27.1 Å². The predicted octanol–water partition coefficient (Wildman–Crippen LogP) is 4.27. The largest absolute Gasteiger partial charge is 0.376 e. The van der Waals surface area contributed by atoms with E-state index in [2.05, 4.69) is 5.32 Å². The molecule has 1 atom stereocenters. The lowest BCUT2D eigenvalue weighted by Gasteiger charge is -2.20. The van der Waals surface area contributed by atoms with Crippen LogP contribution in [0.2, 0.25) is 0 Å². The second kappa shape index (κ2) is 7.21. The van der Waals surface area contributed by atoms with Crippen LogP contribution in [0.3, 0.4) is 0 Å². The molecule has 0 saturated carbocycles. The van der Waals surface area contributed by atoms with Crippen molar-refractivity contribution in [2.75, 3.05) is 16.2 Å². The van der Waals surface area contributed by atoms with Gasteiger partial charge in [-0.05, 0) is 37.3 Å². The minimum absolute atomic E-state index is 0.0711. The molecule has 8 heteroatoms. The number of hydrogen-bond donors (Lipinski definition) is 1. The Morgan fingerprint density at radius 3 is 2.38 bits per heavy atom. The molecule has 0 aromatic heterocycles. The first kappa shape index (κ1) is 18.9. The highest BCUT2D eigenvalue weighted by molar-refractivity contribution is 7.92. The standard InChI is InChI=1S/C21H19N3O4S/c1-15-7-10-18(11-8-15)29(27,28)23-14-20(22-16-5-3-2-4-6-16)19-13-17(24(25)26)9-12-21(19)23/h2-13,20,22H,14H2,1H3. The molecule has 0 amide bonds. The van der Waals surface area contributed by atoms with Gasteiger partial charge in [0.15, 0.2) is 0 Å². The Hall–Kier alpha value is -3.39. The lowest BCUT2D eigenvalue weighted by molar-refractivity contribution is -0.384. The summed E-state index contributed by atoms with van der Waals surface area (Å²) >= 11 is 0. The van der Waals surface area contributed by atoms with Crippen LogP contribution in [-0.2, 0) is 10.0 Å². The predicted molar refractivity (Wildman–Crippen MR) is 112 cm³/mol. The van der Waals surface area contributed by atoms with Crippen LogP contribution in [-0.4, -0.2) is 19.9 Å². The maximum Gasteiger partial charge on any atom is 0.269 e. The van der Waals surface area contributed by atoms with Gasteiger partial charge >= 0.3 is 0 Å². The fourth-order valence-electron chi connectivity index (χ4n) is 3.45. The van der Waals surface area contributed by atoms with Crippen LogP contribution in [0.5, 0.6) is 0 Å². The summed E-state index contributed by atoms with van der Waals surface area (Å²) in [4.78, 5) is 11.0. The summed E-state index contributed by atoms with van der Waals surface area (Å²) in [7, 11) is -3.80. The van der Waals surface area contributed by atoms with Gasteiger partial charge in [0.05, 0.1) is 28.1 Å². The van der Waals surface area contributed by atoms with Crippen molar-refractivity contribution in [2.24, 2.45) is 0 Å². The average molecular weight is 409 g/mol. The van der Waals surface area contributed by atoms with Crippen molar-refractivity contribution in [3.8, 4) is 0 Å². The van der Waals surface area contributed by atoms with Crippen LogP contribution < -0.4 is 9.62 Å². The summed E-state index contributed by atoms with van der Waals surface area (Å²) < 4.78 is 27.9. The molecule has 1 heterocycles. The van der Waals surface area contributed by atoms with E-state index >= 15 is 0 Å². The van der Waals surface area contributed by atoms with Crippen LogP contribution in [0.25, 0.3) is 0 Å². The molecular weight excluding hydrogens is 390 g/mol. The summed E-state index contributed by atoms with van der Waals surface area (Å²) in [5.74, 6) is 0. The van der Waals surface area contributed by atoms with E-state index in [1.807, 2.05) is 37.3 Å². The summed E-state index contributed by atoms with van der Waals surface area (Å²) in [5, 5.41) is 14.5. The molecular formula is C21H19N3O4S. The van der Waals surface area contributed by atoms with Crippen molar-refractivity contribution in [1.29, 1.82) is 0 Å². The van der Waals surface area contributed by atoms with Gasteiger partial charge in [-0.15, -0.1) is 0 Å². The number of nitro groups is 1. The Morgan fingerprint density at radius 1 is 1.03 bits per heavy atom. The lowest BCUT2D eigenvalue weighted by Crippen LogP contribution is -2.31. The van der Waals surface area contributed by atoms with Crippen molar-refractivity contribution in [3.63, 3.8) is 0 Å². The molecule has 148 valence electrons. The number of benzene rings is 3. The molecule has 3 aromatic rings. The normalized spacial score (nSPS) is 15.8. The Morgan fingerprint density at radius 2 is 1.72 bits per heavy atom. The molecule has 1 unspecified atom stereocenters. The highest BCUT2D eigenvalue weighted by atomic mass is 32.2. The number of non-ortho nitro benzene ring substituents is 1. The van der Waals surface area contributed by atoms with Crippen molar-refractivity contribution in [2.45, 2.75) is 17.9 Å². The van der Waals surface area contributed by atoms with E-state index in [4.69, 9.17) is 0 Å². The van der Waals surface area contributed by atoms with Crippen LogP contribution in [0, 0.1) is 17.0 Å². The Kier molecular flexibility index (Phi) is 4.71. The molecule has 7 nitrogen and oxygen atoms in total. The first-order valence-electron chi connectivity index (χ1n) is 9.05. The molecule has 29 heavy (non-hydrogen) atoms. The van der Waals surface area contributed by atoms with Gasteiger partial charge in [-0.25, -0.2) is 8.42 Å². The molecule has 0 bridgehead atoms. The third-order valence-corrected chi connectivity index (χ3v) is 6.73. The third kappa shape index (κ3) is 3.54. The summed E-state index contributed by atoms with van der Waals surface area (Å²) in [6, 6.07) is 19.9. The number of aryl methyl sites for hydroxylation is 1. The van der Waals surface area contributed by atoms with E-state index in [1.54, 1.807) is 24.3 Å². The molecule has 1 aliphatic rings. The van der Waals surface area contributed by atoms with Gasteiger partial charge in [-0.3, -0.25) is 14.4 Å². The zero-order chi connectivity index (χ0) is 20.6. The second-order valence-corrected chi connectivity index (χ2v) is 8.77. The van der Waals surface area contributed by atoms with E-state index < -0.39 is 21.0 Å². The highest BCUT2D eigenvalue weighted by Gasteiger charge is 2.37. The Labute approximate surface area is 168 Å². The highest BCUT2D eigenvalue weighted by Crippen LogP contribution is 2.41. The van der Waals surface area contributed by atoms with E-state index in [-0.39, 0.29) is 17.1 Å². The number of nitro benzene ring substituents is 1. The average Bonchev–Trinajstić information content (AvgIpc) is 3.07. The van der Waals surface area contributed by atoms with Crippen molar-refractivity contribution < 1.29 is 13.3 Å². The van der Waals surface area contributed by atoms with Crippen molar-refractivity contribution in [1.82, 2.24) is 0 Å². The molecule has 0 saturated heterocycles. The smallest absolute Gasteiger partial charge is 0.269 e. The van der Waals surface area contributed by atoms with Gasteiger partial charge < -0.3 is 5.32 Å². The van der Waals surface area contributed by atoms with Crippen LogP contribution >= 0.6 is 0 Å². The van der Waals surface area contributed by atoms with E-state index in [9.17, 15) is 18.5 Å². The molecule has 3 aromatic carbocycles. The summed E-state index contributed by atoms with van der Waals surface area (Å²) in [6.07, 6.45) is 0. The minimum atomic E-state index is -3.80. The van der Waals surface area contributed by atoms with E-state index in [0.29, 0.717) is 11.3 Å². The summed E-state index contributed by atoms with van der Waals surface area (Å²) in [5.41, 5.74) is 2.73. The quantitative estimate of drug-likeness (QED) is 0.502. The van der Waals surface area contributed by atoms with Gasteiger partial charge in [0.2, 0.25) is 0 Å². The number of nitrogens with one attached hydrogen (secondary N) is 1. The Balaban J connectivity index is 1.77. The second-order valence-electron chi connectivity index (χ2n) is 6.91. The maximum absolute atomic E-state index is 13.3. The first-order valence-corrected chi connectivity index (χ1v) is 10.5. The van der Waals surface area contributed by atoms with Crippen molar-refractivity contribution in [3.05, 3.63) is 94.0 Å². The molecule has 1 aliphatic heterocycles. The molecule has 0 radical (unpaired) electrons. The number of para-hydroxylation sites is 1. The molecule has 0 aliphatic carbocycles. The van der Waals surface area contributed by atoms with Crippen LogP contribution in [0.15, 0.2) is 77.7 Å². The zero-order valence-electron chi connectivity index (χ0n) is 15.6. The number of anilines is 2. The van der Waals surface area contributed by atoms with Gasteiger partial charge in [-0.1, -0.05) is 35.9 Å². The minimum Gasteiger partial charge on any atom is -0.376 e. The van der Waals surface area contributed by atoms with Crippen LogP contribution in [0.4, 0.5) is 17.1 Å². The number of sulfonamides is 1. The topological polar surface area (TPSA) is 92.6 Å². The lowest BCUT2D eigenvalue weighted by atomic mass is 10.1. The van der Waals surface area contributed by atoms with E-state index in [1.165, 1.54) is 22.5 Å². The van der Waals surface area contributed by atoms with Gasteiger partial charge in [0, 0.05) is 23.4 Å². The number of hydrogen-bond acceptors (Lipinski definition) is 5. The molecule has 0 spiro atoms. The maximum atomic E-state index is 13.3. The number of rotatable bonds is 5. The van der Waals surface area contributed by atoms with Gasteiger partial charge in [0.1, 0.15) is 0 Å². The van der Waals surface area contributed by atoms with Gasteiger partial charge in [0.25, 0.3) is 15.7 Å². The number of nitrogens with zero attached hydrogens (tertiary/aromatic N) is 2. The van der Waals surface area contributed by atoms with Crippen LogP contribution in [0.1, 0.15) is 17.2 Å². The zero-order valence-corrected chi connectivity index (χ0v) is 16.5. The molecule has 0 fully saturated rings. The molecule has 1 N–H and O–H groups in total. The van der Waals surface area contributed by atoms with Gasteiger partial charge in [-0.2, -0.15) is 0 Å². The fourth-order valence-corrected chi connectivity index (χ4v) is 4.95. The fraction of sp³-hybridized carbons (Fsp3) is 0.143. The van der Waals surface area contributed by atoms with E-state index in [0.717, 1.165) is 11.3 Å².